The third-order valence-electron chi connectivity index (χ3n) is 3.06. The Morgan fingerprint density at radius 1 is 1.25 bits per heavy atom. The Bertz CT molecular complexity index is 313. The first-order valence-corrected chi connectivity index (χ1v) is 5.38. The highest BCUT2D eigenvalue weighted by Gasteiger charge is 2.41. The minimum absolute atomic E-state index is 0.135. The molecular formula is C10H14F3N3. The van der Waals surface area contributed by atoms with Gasteiger partial charge in [0.05, 0.1) is 17.8 Å². The average molecular weight is 233 g/mol. The fourth-order valence-electron chi connectivity index (χ4n) is 2.13. The van der Waals surface area contributed by atoms with Gasteiger partial charge < -0.3 is 5.32 Å². The first-order valence-electron chi connectivity index (χ1n) is 5.38. The summed E-state index contributed by atoms with van der Waals surface area (Å²) < 4.78 is 37.2. The van der Waals surface area contributed by atoms with Crippen LogP contribution < -0.4 is 5.32 Å². The number of aromatic nitrogens is 2. The molecule has 1 heterocycles. The molecule has 6 heteroatoms. The van der Waals surface area contributed by atoms with Crippen molar-refractivity contribution in [2.75, 3.05) is 5.32 Å². The molecule has 1 aromatic rings. The summed E-state index contributed by atoms with van der Waals surface area (Å²) in [7, 11) is 0. The van der Waals surface area contributed by atoms with Crippen LogP contribution in [0, 0.1) is 5.92 Å². The third kappa shape index (κ3) is 2.68. The summed E-state index contributed by atoms with van der Waals surface area (Å²) in [4.78, 5) is 0. The summed E-state index contributed by atoms with van der Waals surface area (Å²) in [5.74, 6) is -1.12. The number of nitrogens with one attached hydrogen (secondary N) is 2. The first-order chi connectivity index (χ1) is 7.55. The maximum absolute atomic E-state index is 12.4. The van der Waals surface area contributed by atoms with Crippen LogP contribution in [0.15, 0.2) is 12.4 Å². The molecule has 16 heavy (non-hydrogen) atoms. The van der Waals surface area contributed by atoms with Crippen LogP contribution in [-0.2, 0) is 0 Å². The van der Waals surface area contributed by atoms with Crippen molar-refractivity contribution >= 4 is 5.69 Å². The number of nitrogens with zero attached hydrogens (tertiary/aromatic N) is 1. The maximum atomic E-state index is 12.4. The van der Waals surface area contributed by atoms with Crippen molar-refractivity contribution in [1.29, 1.82) is 0 Å². The fraction of sp³-hybridized carbons (Fsp3) is 0.700. The summed E-state index contributed by atoms with van der Waals surface area (Å²) in [6.45, 7) is 0. The van der Waals surface area contributed by atoms with Crippen LogP contribution in [0.2, 0.25) is 0 Å². The zero-order chi connectivity index (χ0) is 11.6. The van der Waals surface area contributed by atoms with E-state index in [9.17, 15) is 13.2 Å². The lowest BCUT2D eigenvalue weighted by atomic mass is 9.85. The van der Waals surface area contributed by atoms with Gasteiger partial charge in [-0.1, -0.05) is 0 Å². The molecule has 1 aliphatic carbocycles. The SMILES string of the molecule is FC(F)(F)C1CCC(Nc2cn[nH]c2)CC1. The van der Waals surface area contributed by atoms with E-state index in [4.69, 9.17) is 0 Å². The van der Waals surface area contributed by atoms with Crippen molar-refractivity contribution in [3.63, 3.8) is 0 Å². The van der Waals surface area contributed by atoms with Gasteiger partial charge in [0.2, 0.25) is 0 Å². The Morgan fingerprint density at radius 3 is 2.44 bits per heavy atom. The van der Waals surface area contributed by atoms with E-state index in [1.165, 1.54) is 0 Å². The van der Waals surface area contributed by atoms with E-state index >= 15 is 0 Å². The molecule has 0 unspecified atom stereocenters. The van der Waals surface area contributed by atoms with Crippen LogP contribution in [0.3, 0.4) is 0 Å². The highest BCUT2D eigenvalue weighted by atomic mass is 19.4. The van der Waals surface area contributed by atoms with Gasteiger partial charge >= 0.3 is 6.18 Å². The van der Waals surface area contributed by atoms with Crippen molar-refractivity contribution in [3.8, 4) is 0 Å². The zero-order valence-electron chi connectivity index (χ0n) is 8.72. The molecule has 2 N–H and O–H groups in total. The summed E-state index contributed by atoms with van der Waals surface area (Å²) >= 11 is 0. The van der Waals surface area contributed by atoms with Gasteiger partial charge in [-0.15, -0.1) is 0 Å². The molecule has 1 fully saturated rings. The number of H-pyrrole nitrogens is 1. The standard InChI is InChI=1S/C10H14F3N3/c11-10(12,13)7-1-3-8(4-2-7)16-9-5-14-15-6-9/h5-8,16H,1-4H2,(H,14,15). The van der Waals surface area contributed by atoms with E-state index in [1.54, 1.807) is 12.4 Å². The van der Waals surface area contributed by atoms with Crippen LogP contribution in [-0.4, -0.2) is 22.4 Å². The van der Waals surface area contributed by atoms with Gasteiger partial charge in [-0.05, 0) is 25.7 Å². The molecule has 0 saturated heterocycles. The molecule has 0 bridgehead atoms. The van der Waals surface area contributed by atoms with Crippen LogP contribution in [0.1, 0.15) is 25.7 Å². The Kier molecular flexibility index (Phi) is 3.07. The summed E-state index contributed by atoms with van der Waals surface area (Å²) in [6, 6.07) is 0.135. The van der Waals surface area contributed by atoms with Gasteiger partial charge in [0.15, 0.2) is 0 Å². The second-order valence-corrected chi connectivity index (χ2v) is 4.22. The zero-order valence-corrected chi connectivity index (χ0v) is 8.72. The largest absolute Gasteiger partial charge is 0.391 e. The molecule has 0 atom stereocenters. The van der Waals surface area contributed by atoms with E-state index in [1.807, 2.05) is 0 Å². The van der Waals surface area contributed by atoms with Crippen molar-refractivity contribution in [3.05, 3.63) is 12.4 Å². The normalized spacial score (nSPS) is 26.7. The summed E-state index contributed by atoms with van der Waals surface area (Å²) in [5, 5.41) is 9.61. The molecule has 90 valence electrons. The van der Waals surface area contributed by atoms with Crippen LogP contribution in [0.25, 0.3) is 0 Å². The van der Waals surface area contributed by atoms with Gasteiger partial charge in [0.1, 0.15) is 0 Å². The molecule has 0 radical (unpaired) electrons. The predicted molar refractivity (Wildman–Crippen MR) is 54.0 cm³/mol. The average Bonchev–Trinajstić information content (AvgIpc) is 2.70. The molecule has 0 spiro atoms. The van der Waals surface area contributed by atoms with E-state index in [-0.39, 0.29) is 18.9 Å². The number of hydrogen-bond acceptors (Lipinski definition) is 2. The van der Waals surface area contributed by atoms with Crippen molar-refractivity contribution in [2.45, 2.75) is 37.9 Å². The number of halogens is 3. The lowest BCUT2D eigenvalue weighted by Gasteiger charge is -2.30. The van der Waals surface area contributed by atoms with Gasteiger partial charge in [0.25, 0.3) is 0 Å². The number of hydrogen-bond donors (Lipinski definition) is 2. The van der Waals surface area contributed by atoms with Gasteiger partial charge in [-0.3, -0.25) is 5.10 Å². The molecule has 0 aromatic carbocycles. The molecule has 0 amide bonds. The summed E-state index contributed by atoms with van der Waals surface area (Å²) in [5.41, 5.74) is 0.843. The van der Waals surface area contributed by atoms with E-state index in [2.05, 4.69) is 15.5 Å². The highest BCUT2D eigenvalue weighted by Crippen LogP contribution is 2.38. The molecule has 1 saturated carbocycles. The maximum Gasteiger partial charge on any atom is 0.391 e. The minimum atomic E-state index is -4.03. The smallest absolute Gasteiger partial charge is 0.380 e. The number of rotatable bonds is 2. The summed E-state index contributed by atoms with van der Waals surface area (Å²) in [6.07, 6.45) is 0.884. The molecule has 1 aliphatic rings. The van der Waals surface area contributed by atoms with Crippen LogP contribution in [0.4, 0.5) is 18.9 Å². The predicted octanol–water partition coefficient (Wildman–Crippen LogP) is 2.94. The Morgan fingerprint density at radius 2 is 1.94 bits per heavy atom. The Balaban J connectivity index is 1.82. The molecule has 0 aliphatic heterocycles. The quantitative estimate of drug-likeness (QED) is 0.824. The van der Waals surface area contributed by atoms with E-state index in [0.29, 0.717) is 12.8 Å². The minimum Gasteiger partial charge on any atom is -0.380 e. The molecular weight excluding hydrogens is 219 g/mol. The molecule has 2 rings (SSSR count). The fourth-order valence-corrected chi connectivity index (χ4v) is 2.13. The number of alkyl halides is 3. The second-order valence-electron chi connectivity index (χ2n) is 4.22. The van der Waals surface area contributed by atoms with E-state index < -0.39 is 12.1 Å². The van der Waals surface area contributed by atoms with Gasteiger partial charge in [0, 0.05) is 12.2 Å². The third-order valence-corrected chi connectivity index (χ3v) is 3.06. The Hall–Kier alpha value is -1.20. The van der Waals surface area contributed by atoms with Gasteiger partial charge in [-0.25, -0.2) is 0 Å². The highest BCUT2D eigenvalue weighted by molar-refractivity contribution is 5.38. The van der Waals surface area contributed by atoms with Crippen LogP contribution >= 0.6 is 0 Å². The topological polar surface area (TPSA) is 40.7 Å². The lowest BCUT2D eigenvalue weighted by Crippen LogP contribution is -2.32. The first kappa shape index (κ1) is 11.3. The van der Waals surface area contributed by atoms with Crippen LogP contribution in [0.5, 0.6) is 0 Å². The number of aromatic amines is 1. The van der Waals surface area contributed by atoms with Gasteiger partial charge in [-0.2, -0.15) is 18.3 Å². The van der Waals surface area contributed by atoms with Crippen molar-refractivity contribution < 1.29 is 13.2 Å². The van der Waals surface area contributed by atoms with E-state index in [0.717, 1.165) is 5.69 Å². The van der Waals surface area contributed by atoms with Crippen molar-refractivity contribution in [1.82, 2.24) is 10.2 Å². The molecule has 1 aromatic heterocycles. The molecule has 3 nitrogen and oxygen atoms in total. The Labute approximate surface area is 91.4 Å². The monoisotopic (exact) mass is 233 g/mol. The lowest BCUT2D eigenvalue weighted by molar-refractivity contribution is -0.182. The van der Waals surface area contributed by atoms with Crippen molar-refractivity contribution in [2.24, 2.45) is 5.92 Å². The number of anilines is 1. The second kappa shape index (κ2) is 4.35.